The zero-order valence-electron chi connectivity index (χ0n) is 5.85. The van der Waals surface area contributed by atoms with Gasteiger partial charge in [-0.2, -0.15) is 0 Å². The van der Waals surface area contributed by atoms with Crippen molar-refractivity contribution >= 4 is 0 Å². The molecule has 1 heterocycles. The number of nitrogens with zero attached hydrogens (tertiary/aromatic N) is 1. The van der Waals surface area contributed by atoms with E-state index in [1.54, 1.807) is 0 Å². The first-order valence-electron chi connectivity index (χ1n) is 2.96. The molecule has 0 saturated carbocycles. The van der Waals surface area contributed by atoms with Crippen LogP contribution in [0.2, 0.25) is 0 Å². The highest BCUT2D eigenvalue weighted by atomic mass is 16.7. The minimum absolute atomic E-state index is 0.0671. The van der Waals surface area contributed by atoms with E-state index in [1.165, 1.54) is 18.4 Å². The van der Waals surface area contributed by atoms with Crippen LogP contribution in [-0.2, 0) is 5.72 Å². The van der Waals surface area contributed by atoms with Crippen molar-refractivity contribution < 1.29 is 14.4 Å². The molecule has 5 heteroatoms. The summed E-state index contributed by atoms with van der Waals surface area (Å²) in [4.78, 5) is 9.40. The smallest absolute Gasteiger partial charge is 0.378 e. The van der Waals surface area contributed by atoms with E-state index in [-0.39, 0.29) is 5.76 Å². The van der Waals surface area contributed by atoms with Gasteiger partial charge in [-0.25, -0.2) is 0 Å². The first-order valence-corrected chi connectivity index (χ1v) is 2.96. The van der Waals surface area contributed by atoms with Gasteiger partial charge in [0, 0.05) is 6.92 Å². The SMILES string of the molecule is CC(O)(c1ccco1)[N+](=O)[O-]. The van der Waals surface area contributed by atoms with Gasteiger partial charge in [0.15, 0.2) is 0 Å². The second-order valence-electron chi connectivity index (χ2n) is 2.26. The Morgan fingerprint density at radius 1 is 1.82 bits per heavy atom. The van der Waals surface area contributed by atoms with Crippen LogP contribution in [0.25, 0.3) is 0 Å². The van der Waals surface area contributed by atoms with E-state index >= 15 is 0 Å². The highest BCUT2D eigenvalue weighted by Crippen LogP contribution is 2.20. The maximum absolute atomic E-state index is 10.2. The first-order chi connectivity index (χ1) is 5.05. The van der Waals surface area contributed by atoms with Gasteiger partial charge in [-0.05, 0) is 12.1 Å². The van der Waals surface area contributed by atoms with Gasteiger partial charge < -0.3 is 9.52 Å². The predicted molar refractivity (Wildman–Crippen MR) is 35.3 cm³/mol. The fourth-order valence-electron chi connectivity index (χ4n) is 0.638. The van der Waals surface area contributed by atoms with Crippen LogP contribution >= 0.6 is 0 Å². The van der Waals surface area contributed by atoms with Crippen LogP contribution in [0.15, 0.2) is 22.8 Å². The molecule has 0 saturated heterocycles. The van der Waals surface area contributed by atoms with Crippen molar-refractivity contribution in [1.29, 1.82) is 0 Å². The summed E-state index contributed by atoms with van der Waals surface area (Å²) in [6.07, 6.45) is 1.27. The number of nitro groups is 1. The molecule has 11 heavy (non-hydrogen) atoms. The van der Waals surface area contributed by atoms with Crippen molar-refractivity contribution in [3.63, 3.8) is 0 Å². The summed E-state index contributed by atoms with van der Waals surface area (Å²) in [6, 6.07) is 2.83. The maximum Gasteiger partial charge on any atom is 0.378 e. The summed E-state index contributed by atoms with van der Waals surface area (Å²) in [5.74, 6) is -0.0671. The highest BCUT2D eigenvalue weighted by Gasteiger charge is 2.39. The molecule has 5 nitrogen and oxygen atoms in total. The molecule has 1 aromatic rings. The molecule has 1 N–H and O–H groups in total. The molecule has 0 aliphatic rings. The van der Waals surface area contributed by atoms with Gasteiger partial charge in [-0.15, -0.1) is 0 Å². The summed E-state index contributed by atoms with van der Waals surface area (Å²) in [7, 11) is 0. The van der Waals surface area contributed by atoms with Crippen LogP contribution in [-0.4, -0.2) is 10.0 Å². The normalized spacial score (nSPS) is 15.8. The van der Waals surface area contributed by atoms with Gasteiger partial charge in [-0.1, -0.05) is 0 Å². The third-order valence-corrected chi connectivity index (χ3v) is 1.34. The van der Waals surface area contributed by atoms with Crippen LogP contribution < -0.4 is 0 Å². The van der Waals surface area contributed by atoms with Crippen LogP contribution in [0, 0.1) is 10.1 Å². The minimum Gasteiger partial charge on any atom is -0.459 e. The Labute approximate surface area is 62.4 Å². The molecule has 1 atom stereocenters. The third-order valence-electron chi connectivity index (χ3n) is 1.34. The average Bonchev–Trinajstić information content (AvgIpc) is 2.37. The number of rotatable bonds is 2. The fraction of sp³-hybridized carbons (Fsp3) is 0.333. The predicted octanol–water partition coefficient (Wildman–Crippen LogP) is 0.721. The quantitative estimate of drug-likeness (QED) is 0.390. The fourth-order valence-corrected chi connectivity index (χ4v) is 0.638. The van der Waals surface area contributed by atoms with Gasteiger partial charge in [-0.3, -0.25) is 10.1 Å². The first kappa shape index (κ1) is 7.74. The Hall–Kier alpha value is -1.36. The van der Waals surface area contributed by atoms with E-state index in [0.717, 1.165) is 6.92 Å². The van der Waals surface area contributed by atoms with Gasteiger partial charge in [0.2, 0.25) is 5.76 Å². The van der Waals surface area contributed by atoms with Crippen molar-refractivity contribution in [3.8, 4) is 0 Å². The maximum atomic E-state index is 10.2. The van der Waals surface area contributed by atoms with E-state index in [2.05, 4.69) is 4.42 Å². The van der Waals surface area contributed by atoms with Crippen LogP contribution in [0.4, 0.5) is 0 Å². The second kappa shape index (κ2) is 2.35. The van der Waals surface area contributed by atoms with E-state index < -0.39 is 10.6 Å². The molecular formula is C6H7NO4. The number of hydrogen-bond acceptors (Lipinski definition) is 4. The standard InChI is InChI=1S/C6H7NO4/c1-6(8,7(9)10)5-3-2-4-11-5/h2-4,8H,1H3. The van der Waals surface area contributed by atoms with E-state index in [4.69, 9.17) is 5.11 Å². The van der Waals surface area contributed by atoms with Crippen molar-refractivity contribution in [1.82, 2.24) is 0 Å². The second-order valence-corrected chi connectivity index (χ2v) is 2.26. The molecule has 0 aromatic carbocycles. The summed E-state index contributed by atoms with van der Waals surface area (Å²) >= 11 is 0. The van der Waals surface area contributed by atoms with E-state index in [0.29, 0.717) is 0 Å². The molecule has 0 amide bonds. The molecule has 1 unspecified atom stereocenters. The lowest BCUT2D eigenvalue weighted by atomic mass is 10.2. The van der Waals surface area contributed by atoms with Gasteiger partial charge in [0.25, 0.3) is 0 Å². The molecule has 60 valence electrons. The Morgan fingerprint density at radius 3 is 2.82 bits per heavy atom. The molecular weight excluding hydrogens is 150 g/mol. The summed E-state index contributed by atoms with van der Waals surface area (Å²) < 4.78 is 4.67. The molecule has 0 spiro atoms. The van der Waals surface area contributed by atoms with Gasteiger partial charge >= 0.3 is 5.72 Å². The van der Waals surface area contributed by atoms with Crippen molar-refractivity contribution in [2.75, 3.05) is 0 Å². The molecule has 0 radical (unpaired) electrons. The zero-order valence-corrected chi connectivity index (χ0v) is 5.85. The minimum atomic E-state index is -2.12. The monoisotopic (exact) mass is 157 g/mol. The Balaban J connectivity index is 3.00. The topological polar surface area (TPSA) is 76.5 Å². The van der Waals surface area contributed by atoms with Gasteiger partial charge in [0.05, 0.1) is 11.2 Å². The number of aliphatic hydroxyl groups is 1. The molecule has 1 aromatic heterocycles. The van der Waals surface area contributed by atoms with E-state index in [9.17, 15) is 10.1 Å². The van der Waals surface area contributed by atoms with Crippen LogP contribution in [0.1, 0.15) is 12.7 Å². The van der Waals surface area contributed by atoms with Gasteiger partial charge in [0.1, 0.15) is 0 Å². The zero-order chi connectivity index (χ0) is 8.48. The number of hydrogen-bond donors (Lipinski definition) is 1. The largest absolute Gasteiger partial charge is 0.459 e. The summed E-state index contributed by atoms with van der Waals surface area (Å²) in [5, 5.41) is 19.4. The summed E-state index contributed by atoms with van der Waals surface area (Å²) in [6.45, 7) is 1.06. The molecule has 0 bridgehead atoms. The average molecular weight is 157 g/mol. The van der Waals surface area contributed by atoms with Crippen LogP contribution in [0.5, 0.6) is 0 Å². The lowest BCUT2D eigenvalue weighted by molar-refractivity contribution is -0.633. The Morgan fingerprint density at radius 2 is 2.45 bits per heavy atom. The third kappa shape index (κ3) is 1.22. The Bertz CT molecular complexity index is 252. The molecule has 1 rings (SSSR count). The molecule has 0 aliphatic heterocycles. The summed E-state index contributed by atoms with van der Waals surface area (Å²) in [5.41, 5.74) is -2.12. The highest BCUT2D eigenvalue weighted by molar-refractivity contribution is 5.03. The van der Waals surface area contributed by atoms with Crippen molar-refractivity contribution in [2.45, 2.75) is 12.6 Å². The van der Waals surface area contributed by atoms with Crippen molar-refractivity contribution in [2.24, 2.45) is 0 Å². The Kier molecular flexibility index (Phi) is 1.66. The lowest BCUT2D eigenvalue weighted by Crippen LogP contribution is -2.30. The molecule has 0 aliphatic carbocycles. The number of furan rings is 1. The van der Waals surface area contributed by atoms with Crippen LogP contribution in [0.3, 0.4) is 0 Å². The van der Waals surface area contributed by atoms with E-state index in [1.807, 2.05) is 0 Å². The molecule has 0 fully saturated rings. The van der Waals surface area contributed by atoms with Crippen molar-refractivity contribution in [3.05, 3.63) is 34.3 Å². The lowest BCUT2D eigenvalue weighted by Gasteiger charge is -2.09.